The number of benzene rings is 2. The number of ether oxygens (including phenoxy) is 2. The summed E-state index contributed by atoms with van der Waals surface area (Å²) in [5.74, 6) is 0.734. The van der Waals surface area contributed by atoms with Crippen molar-refractivity contribution in [3.05, 3.63) is 66.2 Å². The fraction of sp³-hybridized carbons (Fsp3) is 0.348. The van der Waals surface area contributed by atoms with E-state index in [4.69, 9.17) is 9.47 Å². The Bertz CT molecular complexity index is 1000. The van der Waals surface area contributed by atoms with Crippen LogP contribution in [0.3, 0.4) is 0 Å². The number of hydrogen-bond acceptors (Lipinski definition) is 5. The molecule has 0 saturated heterocycles. The van der Waals surface area contributed by atoms with Crippen LogP contribution in [0.1, 0.15) is 25.0 Å². The van der Waals surface area contributed by atoms with Crippen LogP contribution >= 0.6 is 0 Å². The van der Waals surface area contributed by atoms with Crippen LogP contribution in [0.4, 0.5) is 0 Å². The van der Waals surface area contributed by atoms with Gasteiger partial charge in [0.1, 0.15) is 0 Å². The highest BCUT2D eigenvalue weighted by Gasteiger charge is 2.22. The minimum Gasteiger partial charge on any atom is -0.493 e. The average molecular weight is 447 g/mol. The Morgan fingerprint density at radius 3 is 2.35 bits per heavy atom. The Morgan fingerprint density at radius 1 is 1.13 bits per heavy atom. The molecule has 0 heterocycles. The van der Waals surface area contributed by atoms with E-state index >= 15 is 0 Å². The summed E-state index contributed by atoms with van der Waals surface area (Å²) in [5, 5.41) is 2.76. The van der Waals surface area contributed by atoms with Gasteiger partial charge in [0.2, 0.25) is 10.0 Å². The van der Waals surface area contributed by atoms with Crippen molar-refractivity contribution >= 4 is 15.9 Å². The topological polar surface area (TPSA) is 84.9 Å². The van der Waals surface area contributed by atoms with E-state index in [0.717, 1.165) is 11.1 Å². The van der Waals surface area contributed by atoms with E-state index in [2.05, 4.69) is 11.9 Å². The monoisotopic (exact) mass is 446 g/mol. The lowest BCUT2D eigenvalue weighted by Crippen LogP contribution is -2.33. The van der Waals surface area contributed by atoms with E-state index in [1.165, 1.54) is 4.31 Å². The molecule has 2 aromatic carbocycles. The van der Waals surface area contributed by atoms with Gasteiger partial charge in [-0.1, -0.05) is 24.3 Å². The number of methoxy groups -OCH3 is 1. The molecule has 2 rings (SSSR count). The van der Waals surface area contributed by atoms with Crippen molar-refractivity contribution in [3.8, 4) is 11.5 Å². The number of hydrogen-bond donors (Lipinski definition) is 1. The minimum atomic E-state index is -3.53. The summed E-state index contributed by atoms with van der Waals surface area (Å²) in [6.45, 7) is 7.44. The van der Waals surface area contributed by atoms with Crippen LogP contribution in [0, 0.1) is 0 Å². The number of nitrogens with zero attached hydrogens (tertiary/aromatic N) is 1. The van der Waals surface area contributed by atoms with E-state index in [-0.39, 0.29) is 30.0 Å². The first-order valence-electron chi connectivity index (χ1n) is 9.93. The highest BCUT2D eigenvalue weighted by molar-refractivity contribution is 7.89. The Morgan fingerprint density at radius 2 is 1.77 bits per heavy atom. The second-order valence-corrected chi connectivity index (χ2v) is 9.30. The van der Waals surface area contributed by atoms with Crippen molar-refractivity contribution in [2.45, 2.75) is 37.8 Å². The SMILES string of the molecule is C=CCc1ccc(OCC(=O)NCc2ccc(S(=O)(=O)N(C)C(C)C)cc2)c(OC)c1. The zero-order chi connectivity index (χ0) is 23.0. The van der Waals surface area contributed by atoms with Crippen LogP contribution in [0.15, 0.2) is 60.0 Å². The Hall–Kier alpha value is -2.84. The lowest BCUT2D eigenvalue weighted by molar-refractivity contribution is -0.123. The summed E-state index contributed by atoms with van der Waals surface area (Å²) in [5.41, 5.74) is 1.82. The molecule has 0 aliphatic carbocycles. The smallest absolute Gasteiger partial charge is 0.258 e. The van der Waals surface area contributed by atoms with Gasteiger partial charge in [-0.25, -0.2) is 8.42 Å². The number of nitrogens with one attached hydrogen (secondary N) is 1. The molecular weight excluding hydrogens is 416 g/mol. The molecule has 1 amide bonds. The van der Waals surface area contributed by atoms with Gasteiger partial charge in [0, 0.05) is 19.6 Å². The van der Waals surface area contributed by atoms with Crippen LogP contribution in [0.25, 0.3) is 0 Å². The number of amides is 1. The van der Waals surface area contributed by atoms with Crippen LogP contribution < -0.4 is 14.8 Å². The lowest BCUT2D eigenvalue weighted by atomic mass is 10.1. The molecule has 0 atom stereocenters. The number of allylic oxidation sites excluding steroid dienone is 1. The molecule has 2 aromatic rings. The number of carbonyl (C=O) groups excluding carboxylic acids is 1. The van der Waals surface area contributed by atoms with Gasteiger partial charge in [0.05, 0.1) is 12.0 Å². The summed E-state index contributed by atoms with van der Waals surface area (Å²) in [4.78, 5) is 12.4. The van der Waals surface area contributed by atoms with Crippen LogP contribution in [-0.2, 0) is 27.8 Å². The molecule has 0 fully saturated rings. The first-order valence-corrected chi connectivity index (χ1v) is 11.4. The predicted octanol–water partition coefficient (Wildman–Crippen LogP) is 3.15. The summed E-state index contributed by atoms with van der Waals surface area (Å²) >= 11 is 0. The van der Waals surface area contributed by atoms with E-state index in [1.54, 1.807) is 50.6 Å². The van der Waals surface area contributed by atoms with Gasteiger partial charge in [-0.05, 0) is 55.7 Å². The summed E-state index contributed by atoms with van der Waals surface area (Å²) in [6, 6.07) is 11.8. The third-order valence-electron chi connectivity index (χ3n) is 4.78. The van der Waals surface area contributed by atoms with Crippen LogP contribution in [-0.4, -0.2) is 45.4 Å². The summed E-state index contributed by atoms with van der Waals surface area (Å²) in [7, 11) is -0.434. The van der Waals surface area contributed by atoms with Crippen molar-refractivity contribution in [3.63, 3.8) is 0 Å². The standard InChI is InChI=1S/C23H30N2O5S/c1-6-7-18-10-13-21(22(14-18)29-5)30-16-23(26)24-15-19-8-11-20(12-9-19)31(27,28)25(4)17(2)3/h6,8-14,17H,1,7,15-16H2,2-5H3,(H,24,26). The molecule has 0 spiro atoms. The van der Waals surface area contributed by atoms with Crippen molar-refractivity contribution < 1.29 is 22.7 Å². The highest BCUT2D eigenvalue weighted by Crippen LogP contribution is 2.28. The van der Waals surface area contributed by atoms with Crippen molar-refractivity contribution in [2.24, 2.45) is 0 Å². The Kier molecular flexibility index (Phi) is 8.65. The lowest BCUT2D eigenvalue weighted by Gasteiger charge is -2.21. The molecule has 0 aliphatic heterocycles. The van der Waals surface area contributed by atoms with Gasteiger partial charge < -0.3 is 14.8 Å². The van der Waals surface area contributed by atoms with E-state index in [1.807, 2.05) is 26.0 Å². The molecule has 0 aliphatic rings. The summed E-state index contributed by atoms with van der Waals surface area (Å²) in [6.07, 6.45) is 2.51. The van der Waals surface area contributed by atoms with E-state index in [0.29, 0.717) is 17.9 Å². The molecule has 7 nitrogen and oxygen atoms in total. The summed E-state index contributed by atoms with van der Waals surface area (Å²) < 4.78 is 37.2. The maximum atomic E-state index is 12.5. The normalized spacial score (nSPS) is 11.4. The molecule has 0 bridgehead atoms. The molecule has 31 heavy (non-hydrogen) atoms. The molecule has 168 valence electrons. The minimum absolute atomic E-state index is 0.138. The molecular formula is C23H30N2O5S. The predicted molar refractivity (Wildman–Crippen MR) is 121 cm³/mol. The Labute approximate surface area is 184 Å². The van der Waals surface area contributed by atoms with E-state index in [9.17, 15) is 13.2 Å². The van der Waals surface area contributed by atoms with Crippen molar-refractivity contribution in [1.29, 1.82) is 0 Å². The molecule has 0 aromatic heterocycles. The first-order chi connectivity index (χ1) is 14.7. The van der Waals surface area contributed by atoms with Crippen molar-refractivity contribution in [1.82, 2.24) is 9.62 Å². The van der Waals surface area contributed by atoms with Crippen LogP contribution in [0.5, 0.6) is 11.5 Å². The molecule has 8 heteroatoms. The quantitative estimate of drug-likeness (QED) is 0.536. The Balaban J connectivity index is 1.91. The second-order valence-electron chi connectivity index (χ2n) is 7.30. The van der Waals surface area contributed by atoms with Gasteiger partial charge >= 0.3 is 0 Å². The molecule has 0 saturated carbocycles. The second kappa shape index (κ2) is 11.0. The maximum absolute atomic E-state index is 12.5. The fourth-order valence-electron chi connectivity index (χ4n) is 2.74. The largest absolute Gasteiger partial charge is 0.493 e. The highest BCUT2D eigenvalue weighted by atomic mass is 32.2. The third-order valence-corrected chi connectivity index (χ3v) is 6.83. The average Bonchev–Trinajstić information content (AvgIpc) is 2.76. The zero-order valence-electron chi connectivity index (χ0n) is 18.4. The van der Waals surface area contributed by atoms with Gasteiger partial charge in [-0.2, -0.15) is 4.31 Å². The van der Waals surface area contributed by atoms with Gasteiger partial charge in [0.15, 0.2) is 18.1 Å². The van der Waals surface area contributed by atoms with Gasteiger partial charge in [-0.15, -0.1) is 6.58 Å². The molecule has 0 radical (unpaired) electrons. The molecule has 0 unspecified atom stereocenters. The fourth-order valence-corrected chi connectivity index (χ4v) is 4.11. The van der Waals surface area contributed by atoms with Gasteiger partial charge in [0.25, 0.3) is 5.91 Å². The van der Waals surface area contributed by atoms with Crippen molar-refractivity contribution in [2.75, 3.05) is 20.8 Å². The van der Waals surface area contributed by atoms with Gasteiger partial charge in [-0.3, -0.25) is 4.79 Å². The van der Waals surface area contributed by atoms with Crippen LogP contribution in [0.2, 0.25) is 0 Å². The first kappa shape index (κ1) is 24.4. The number of carbonyl (C=O) groups is 1. The zero-order valence-corrected chi connectivity index (χ0v) is 19.2. The number of sulfonamides is 1. The number of rotatable bonds is 11. The maximum Gasteiger partial charge on any atom is 0.258 e. The molecule has 1 N–H and O–H groups in total. The third kappa shape index (κ3) is 6.57. The van der Waals surface area contributed by atoms with E-state index < -0.39 is 10.0 Å².